The van der Waals surface area contributed by atoms with Crippen LogP contribution in [0.15, 0.2) is 24.3 Å². The molecule has 0 aliphatic carbocycles. The summed E-state index contributed by atoms with van der Waals surface area (Å²) in [5.74, 6) is 0. The van der Waals surface area contributed by atoms with Crippen LogP contribution in [-0.2, 0) is 4.65 Å². The van der Waals surface area contributed by atoms with Crippen LogP contribution in [0, 0.1) is 0 Å². The minimum absolute atomic E-state index is 0.707. The molecule has 0 amide bonds. The quantitative estimate of drug-likeness (QED) is 0.816. The molecule has 1 saturated heterocycles. The molecule has 22 heavy (non-hydrogen) atoms. The van der Waals surface area contributed by atoms with Gasteiger partial charge in [-0.3, -0.25) is 0 Å². The lowest BCUT2D eigenvalue weighted by atomic mass is 9.76. The van der Waals surface area contributed by atoms with Crippen LogP contribution in [-0.4, -0.2) is 41.5 Å². The van der Waals surface area contributed by atoms with Crippen molar-refractivity contribution in [3.8, 4) is 0 Å². The predicted molar refractivity (Wildman–Crippen MR) is 91.6 cm³/mol. The maximum Gasteiger partial charge on any atom is 0.491 e. The van der Waals surface area contributed by atoms with E-state index >= 15 is 0 Å². The van der Waals surface area contributed by atoms with Gasteiger partial charge < -0.3 is 19.7 Å². The van der Waals surface area contributed by atoms with Gasteiger partial charge in [0.25, 0.3) is 0 Å². The Kier molecular flexibility index (Phi) is 5.20. The highest BCUT2D eigenvalue weighted by molar-refractivity contribution is 6.60. The van der Waals surface area contributed by atoms with Crippen molar-refractivity contribution < 1.29 is 14.8 Å². The highest BCUT2D eigenvalue weighted by Gasteiger charge is 2.39. The zero-order valence-electron chi connectivity index (χ0n) is 14.2. The fourth-order valence-corrected chi connectivity index (χ4v) is 2.49. The van der Waals surface area contributed by atoms with Gasteiger partial charge in [-0.2, -0.15) is 0 Å². The average molecular weight is 305 g/mol. The van der Waals surface area contributed by atoms with Gasteiger partial charge in [0.05, 0.1) is 11.2 Å². The normalized spacial score (nSPS) is 16.7. The van der Waals surface area contributed by atoms with Crippen LogP contribution < -0.4 is 10.4 Å². The van der Waals surface area contributed by atoms with E-state index in [1.54, 1.807) is 27.7 Å². The Morgan fingerprint density at radius 3 is 2.05 bits per heavy atom. The fourth-order valence-electron chi connectivity index (χ4n) is 2.49. The summed E-state index contributed by atoms with van der Waals surface area (Å²) >= 11 is 0. The Morgan fingerprint density at radius 2 is 1.55 bits per heavy atom. The van der Waals surface area contributed by atoms with E-state index in [2.05, 4.69) is 4.90 Å². The number of nitrogens with zero attached hydrogens (tertiary/aromatic N) is 1. The number of piperidine rings is 1. The lowest BCUT2D eigenvalue weighted by Gasteiger charge is -2.38. The van der Waals surface area contributed by atoms with E-state index in [9.17, 15) is 10.1 Å². The summed E-state index contributed by atoms with van der Waals surface area (Å²) in [6.07, 6.45) is 3.80. The van der Waals surface area contributed by atoms with Crippen LogP contribution in [0.3, 0.4) is 0 Å². The van der Waals surface area contributed by atoms with Gasteiger partial charge in [0, 0.05) is 18.8 Å². The van der Waals surface area contributed by atoms with Gasteiger partial charge in [-0.05, 0) is 64.6 Å². The first-order chi connectivity index (χ1) is 10.2. The van der Waals surface area contributed by atoms with E-state index in [1.165, 1.54) is 24.9 Å². The van der Waals surface area contributed by atoms with E-state index in [4.69, 9.17) is 4.65 Å². The highest BCUT2D eigenvalue weighted by Crippen LogP contribution is 2.25. The molecule has 0 saturated carbocycles. The van der Waals surface area contributed by atoms with Crippen molar-refractivity contribution in [1.82, 2.24) is 0 Å². The molecule has 122 valence electrons. The summed E-state index contributed by atoms with van der Waals surface area (Å²) in [6.45, 7) is 9.11. The summed E-state index contributed by atoms with van der Waals surface area (Å²) in [7, 11) is -1.04. The molecule has 0 radical (unpaired) electrons. The monoisotopic (exact) mass is 305 g/mol. The maximum atomic E-state index is 10.3. The van der Waals surface area contributed by atoms with E-state index in [0.29, 0.717) is 5.46 Å². The molecule has 2 rings (SSSR count). The number of hydrogen-bond acceptors (Lipinski definition) is 4. The standard InChI is InChI=1S/C17H28BNO3/c1-16(2,20)17(3,4)22-18(21)14-8-10-15(11-9-14)19-12-6-5-7-13-19/h8-11,20-21H,5-7,12-13H2,1-4H3. The van der Waals surface area contributed by atoms with Crippen molar-refractivity contribution in [1.29, 1.82) is 0 Å². The lowest BCUT2D eigenvalue weighted by molar-refractivity contribution is -0.0982. The van der Waals surface area contributed by atoms with Crippen LogP contribution >= 0.6 is 0 Å². The zero-order chi connectivity index (χ0) is 16.4. The van der Waals surface area contributed by atoms with E-state index in [1.807, 2.05) is 24.3 Å². The summed E-state index contributed by atoms with van der Waals surface area (Å²) in [6, 6.07) is 7.86. The molecule has 1 aliphatic heterocycles. The molecule has 0 unspecified atom stereocenters. The van der Waals surface area contributed by atoms with Gasteiger partial charge in [-0.25, -0.2) is 0 Å². The average Bonchev–Trinajstić information content (AvgIpc) is 2.47. The van der Waals surface area contributed by atoms with Gasteiger partial charge in [0.1, 0.15) is 0 Å². The van der Waals surface area contributed by atoms with Crippen molar-refractivity contribution in [2.75, 3.05) is 18.0 Å². The number of benzene rings is 1. The first-order valence-corrected chi connectivity index (χ1v) is 8.14. The van der Waals surface area contributed by atoms with Gasteiger partial charge in [-0.15, -0.1) is 0 Å². The molecule has 0 atom stereocenters. The number of anilines is 1. The number of aliphatic hydroxyl groups is 1. The molecule has 1 heterocycles. The van der Waals surface area contributed by atoms with Gasteiger partial charge >= 0.3 is 7.12 Å². The van der Waals surface area contributed by atoms with Gasteiger partial charge in [-0.1, -0.05) is 12.1 Å². The molecule has 1 aromatic carbocycles. The van der Waals surface area contributed by atoms with Crippen molar-refractivity contribution >= 4 is 18.3 Å². The molecule has 2 N–H and O–H groups in total. The Morgan fingerprint density at radius 1 is 1.00 bits per heavy atom. The molecular formula is C17H28BNO3. The van der Waals surface area contributed by atoms with Gasteiger partial charge in [0.2, 0.25) is 0 Å². The first-order valence-electron chi connectivity index (χ1n) is 8.14. The first kappa shape index (κ1) is 17.3. The molecular weight excluding hydrogens is 277 g/mol. The maximum absolute atomic E-state index is 10.3. The molecule has 1 aliphatic rings. The van der Waals surface area contributed by atoms with Crippen molar-refractivity contribution in [3.63, 3.8) is 0 Å². The smallest absolute Gasteiger partial charge is 0.423 e. The van der Waals surface area contributed by atoms with Gasteiger partial charge in [0.15, 0.2) is 0 Å². The third-order valence-corrected chi connectivity index (χ3v) is 4.78. The molecule has 0 bridgehead atoms. The van der Waals surface area contributed by atoms with Crippen LogP contribution in [0.1, 0.15) is 47.0 Å². The van der Waals surface area contributed by atoms with Crippen LogP contribution in [0.5, 0.6) is 0 Å². The lowest BCUT2D eigenvalue weighted by Crippen LogP contribution is -2.53. The molecule has 4 nitrogen and oxygen atoms in total. The zero-order valence-corrected chi connectivity index (χ0v) is 14.2. The highest BCUT2D eigenvalue weighted by atomic mass is 16.5. The van der Waals surface area contributed by atoms with Crippen molar-refractivity contribution in [2.45, 2.75) is 58.2 Å². The largest absolute Gasteiger partial charge is 0.491 e. The minimum Gasteiger partial charge on any atom is -0.423 e. The van der Waals surface area contributed by atoms with E-state index in [0.717, 1.165) is 13.1 Å². The molecule has 0 aromatic heterocycles. The summed E-state index contributed by atoms with van der Waals surface area (Å²) in [5, 5.41) is 20.4. The summed E-state index contributed by atoms with van der Waals surface area (Å²) in [4.78, 5) is 2.38. The Labute approximate surface area is 134 Å². The molecule has 1 fully saturated rings. The molecule has 0 spiro atoms. The van der Waals surface area contributed by atoms with Crippen molar-refractivity contribution in [3.05, 3.63) is 24.3 Å². The second-order valence-electron chi connectivity index (χ2n) is 7.18. The van der Waals surface area contributed by atoms with Crippen molar-refractivity contribution in [2.24, 2.45) is 0 Å². The molecule has 5 heteroatoms. The third-order valence-electron chi connectivity index (χ3n) is 4.78. The van der Waals surface area contributed by atoms with E-state index in [-0.39, 0.29) is 0 Å². The second-order valence-corrected chi connectivity index (χ2v) is 7.18. The number of hydrogen-bond donors (Lipinski definition) is 2. The Hall–Kier alpha value is -1.04. The topological polar surface area (TPSA) is 52.9 Å². The second kappa shape index (κ2) is 6.61. The predicted octanol–water partition coefficient (Wildman–Crippen LogP) is 1.93. The Bertz CT molecular complexity index is 476. The third kappa shape index (κ3) is 4.03. The van der Waals surface area contributed by atoms with E-state index < -0.39 is 18.3 Å². The molecule has 1 aromatic rings. The Balaban J connectivity index is 2.03. The SMILES string of the molecule is CC(C)(O)C(C)(C)OB(O)c1ccc(N2CCCCC2)cc1. The van der Waals surface area contributed by atoms with Crippen LogP contribution in [0.4, 0.5) is 5.69 Å². The minimum atomic E-state index is -1.04. The van der Waals surface area contributed by atoms with Crippen LogP contribution in [0.2, 0.25) is 0 Å². The summed E-state index contributed by atoms with van der Waals surface area (Å²) < 4.78 is 5.67. The number of rotatable bonds is 5. The van der Waals surface area contributed by atoms with Crippen LogP contribution in [0.25, 0.3) is 0 Å². The fraction of sp³-hybridized carbons (Fsp3) is 0.647. The summed E-state index contributed by atoms with van der Waals surface area (Å²) in [5.41, 5.74) is 0.00939.